The Hall–Kier alpha value is -0.170. The zero-order valence-corrected chi connectivity index (χ0v) is 11.2. The molecule has 0 aromatic rings. The van der Waals surface area contributed by atoms with Gasteiger partial charge in [0.05, 0.1) is 11.9 Å². The van der Waals surface area contributed by atoms with Gasteiger partial charge in [-0.25, -0.2) is 8.42 Å². The van der Waals surface area contributed by atoms with Crippen LogP contribution < -0.4 is 5.73 Å². The minimum absolute atomic E-state index is 0.112. The molecule has 2 aliphatic heterocycles. The lowest BCUT2D eigenvalue weighted by molar-refractivity contribution is 0.118. The number of sulfonamides is 1. The monoisotopic (exact) mass is 262 g/mol. The van der Waals surface area contributed by atoms with Crippen LogP contribution >= 0.6 is 0 Å². The van der Waals surface area contributed by atoms with Crippen molar-refractivity contribution in [3.8, 4) is 0 Å². The Balaban J connectivity index is 1.86. The van der Waals surface area contributed by atoms with E-state index in [2.05, 4.69) is 6.92 Å². The van der Waals surface area contributed by atoms with Crippen molar-refractivity contribution in [1.82, 2.24) is 4.31 Å². The fourth-order valence-electron chi connectivity index (χ4n) is 2.62. The highest BCUT2D eigenvalue weighted by Crippen LogP contribution is 2.27. The second-order valence-corrected chi connectivity index (χ2v) is 7.31. The van der Waals surface area contributed by atoms with E-state index in [-0.39, 0.29) is 17.4 Å². The van der Waals surface area contributed by atoms with Crippen LogP contribution in [-0.2, 0) is 14.8 Å². The van der Waals surface area contributed by atoms with Crippen molar-refractivity contribution in [2.45, 2.75) is 44.2 Å². The molecule has 2 fully saturated rings. The molecule has 5 nitrogen and oxygen atoms in total. The maximum atomic E-state index is 12.1. The summed E-state index contributed by atoms with van der Waals surface area (Å²) in [6.07, 6.45) is 3.60. The van der Waals surface area contributed by atoms with E-state index in [1.165, 1.54) is 4.31 Å². The molecule has 0 spiro atoms. The summed E-state index contributed by atoms with van der Waals surface area (Å²) in [6, 6.07) is 0. The Kier molecular flexibility index (Phi) is 3.77. The molecule has 0 radical (unpaired) electrons. The molecule has 2 rings (SSSR count). The summed E-state index contributed by atoms with van der Waals surface area (Å²) in [4.78, 5) is 0. The van der Waals surface area contributed by atoms with Crippen molar-refractivity contribution >= 4 is 10.0 Å². The van der Waals surface area contributed by atoms with Crippen LogP contribution in [0.2, 0.25) is 0 Å². The Labute approximate surface area is 103 Å². The second-order valence-electron chi connectivity index (χ2n) is 5.29. The summed E-state index contributed by atoms with van der Waals surface area (Å²) in [5.41, 5.74) is 5.78. The number of hydrogen-bond acceptors (Lipinski definition) is 4. The Bertz CT molecular complexity index is 357. The fraction of sp³-hybridized carbons (Fsp3) is 1.00. The van der Waals surface area contributed by atoms with E-state index in [1.54, 1.807) is 0 Å². The maximum Gasteiger partial charge on any atom is 0.216 e. The van der Waals surface area contributed by atoms with E-state index < -0.39 is 10.0 Å². The average molecular weight is 262 g/mol. The van der Waals surface area contributed by atoms with Crippen molar-refractivity contribution in [1.29, 1.82) is 0 Å². The number of nitrogens with two attached hydrogens (primary N) is 1. The highest BCUT2D eigenvalue weighted by Gasteiger charge is 2.45. The molecular weight excluding hydrogens is 240 g/mol. The number of hydrogen-bond donors (Lipinski definition) is 1. The van der Waals surface area contributed by atoms with Crippen molar-refractivity contribution in [3.63, 3.8) is 0 Å². The van der Waals surface area contributed by atoms with Crippen LogP contribution in [0.5, 0.6) is 0 Å². The molecule has 0 bridgehead atoms. The number of nitrogens with zero attached hydrogens (tertiary/aromatic N) is 1. The van der Waals surface area contributed by atoms with E-state index >= 15 is 0 Å². The SMILES string of the molecule is CCCC1(N)CN(S(=O)(=O)CC2CCCO2)C1. The predicted molar refractivity (Wildman–Crippen MR) is 66.2 cm³/mol. The summed E-state index contributed by atoms with van der Waals surface area (Å²) in [5, 5.41) is 0. The molecule has 0 amide bonds. The standard InChI is InChI=1S/C11H22N2O3S/c1-2-5-11(12)8-13(9-11)17(14,15)7-10-4-3-6-16-10/h10H,2-9,12H2,1H3. The molecule has 0 aromatic heterocycles. The number of ether oxygens (including phenoxy) is 1. The third kappa shape index (κ3) is 2.99. The lowest BCUT2D eigenvalue weighted by Crippen LogP contribution is -2.68. The first kappa shape index (κ1) is 13.3. The summed E-state index contributed by atoms with van der Waals surface area (Å²) >= 11 is 0. The summed E-state index contributed by atoms with van der Waals surface area (Å²) in [6.45, 7) is 3.70. The Morgan fingerprint density at radius 1 is 1.47 bits per heavy atom. The van der Waals surface area contributed by atoms with Crippen LogP contribution in [0, 0.1) is 0 Å². The summed E-state index contributed by atoms with van der Waals surface area (Å²) in [7, 11) is -3.17. The van der Waals surface area contributed by atoms with E-state index in [0.717, 1.165) is 25.7 Å². The van der Waals surface area contributed by atoms with Gasteiger partial charge in [0.15, 0.2) is 0 Å². The molecule has 0 aromatic carbocycles. The van der Waals surface area contributed by atoms with Gasteiger partial charge < -0.3 is 10.5 Å². The second kappa shape index (κ2) is 4.84. The highest BCUT2D eigenvalue weighted by atomic mass is 32.2. The average Bonchev–Trinajstić information content (AvgIpc) is 2.66. The number of rotatable bonds is 5. The van der Waals surface area contributed by atoms with Gasteiger partial charge in [0.25, 0.3) is 0 Å². The molecule has 2 heterocycles. The molecule has 1 atom stereocenters. The lowest BCUT2D eigenvalue weighted by atomic mass is 9.89. The van der Waals surface area contributed by atoms with Crippen LogP contribution in [0.4, 0.5) is 0 Å². The van der Waals surface area contributed by atoms with Gasteiger partial charge in [0.1, 0.15) is 0 Å². The van der Waals surface area contributed by atoms with Gasteiger partial charge in [-0.15, -0.1) is 0 Å². The normalized spacial score (nSPS) is 29.2. The van der Waals surface area contributed by atoms with Gasteiger partial charge in [0, 0.05) is 25.2 Å². The molecule has 1 unspecified atom stereocenters. The molecule has 17 heavy (non-hydrogen) atoms. The van der Waals surface area contributed by atoms with Gasteiger partial charge >= 0.3 is 0 Å². The van der Waals surface area contributed by atoms with Crippen molar-refractivity contribution in [2.75, 3.05) is 25.4 Å². The first-order valence-corrected chi connectivity index (χ1v) is 7.94. The van der Waals surface area contributed by atoms with Gasteiger partial charge in [-0.05, 0) is 19.3 Å². The first-order chi connectivity index (χ1) is 7.95. The summed E-state index contributed by atoms with van der Waals surface area (Å²) < 4.78 is 31.0. The van der Waals surface area contributed by atoms with Gasteiger partial charge in [-0.3, -0.25) is 0 Å². The minimum atomic E-state index is -3.17. The quantitative estimate of drug-likeness (QED) is 0.774. The van der Waals surface area contributed by atoms with Crippen molar-refractivity contribution in [2.24, 2.45) is 5.73 Å². The molecule has 2 N–H and O–H groups in total. The third-order valence-electron chi connectivity index (χ3n) is 3.54. The van der Waals surface area contributed by atoms with Crippen LogP contribution in [0.3, 0.4) is 0 Å². The molecule has 6 heteroatoms. The van der Waals surface area contributed by atoms with E-state index in [9.17, 15) is 8.42 Å². The molecule has 0 saturated carbocycles. The highest BCUT2D eigenvalue weighted by molar-refractivity contribution is 7.89. The zero-order valence-electron chi connectivity index (χ0n) is 10.4. The van der Waals surface area contributed by atoms with E-state index in [1.807, 2.05) is 0 Å². The van der Waals surface area contributed by atoms with Crippen molar-refractivity contribution < 1.29 is 13.2 Å². The molecular formula is C11H22N2O3S. The van der Waals surface area contributed by atoms with Crippen LogP contribution in [0.15, 0.2) is 0 Å². The molecule has 2 saturated heterocycles. The topological polar surface area (TPSA) is 72.6 Å². The van der Waals surface area contributed by atoms with Gasteiger partial charge in [-0.1, -0.05) is 13.3 Å². The van der Waals surface area contributed by atoms with Gasteiger partial charge in [-0.2, -0.15) is 4.31 Å². The predicted octanol–water partition coefficient (Wildman–Crippen LogP) is 0.308. The zero-order chi connectivity index (χ0) is 12.5. The fourth-order valence-corrected chi connectivity index (χ4v) is 4.48. The van der Waals surface area contributed by atoms with Crippen LogP contribution in [-0.4, -0.2) is 49.8 Å². The molecule has 2 aliphatic rings. The molecule has 0 aliphatic carbocycles. The largest absolute Gasteiger partial charge is 0.377 e. The maximum absolute atomic E-state index is 12.1. The van der Waals surface area contributed by atoms with Crippen LogP contribution in [0.1, 0.15) is 32.6 Å². The van der Waals surface area contributed by atoms with Crippen LogP contribution in [0.25, 0.3) is 0 Å². The first-order valence-electron chi connectivity index (χ1n) is 6.33. The smallest absolute Gasteiger partial charge is 0.216 e. The minimum Gasteiger partial charge on any atom is -0.377 e. The summed E-state index contributed by atoms with van der Waals surface area (Å²) in [5.74, 6) is 0.120. The molecule has 100 valence electrons. The lowest BCUT2D eigenvalue weighted by Gasteiger charge is -2.46. The third-order valence-corrected chi connectivity index (χ3v) is 5.38. The Morgan fingerprint density at radius 2 is 2.18 bits per heavy atom. The van der Waals surface area contributed by atoms with E-state index in [0.29, 0.717) is 19.7 Å². The van der Waals surface area contributed by atoms with Crippen molar-refractivity contribution in [3.05, 3.63) is 0 Å². The Morgan fingerprint density at radius 3 is 2.71 bits per heavy atom. The van der Waals surface area contributed by atoms with E-state index in [4.69, 9.17) is 10.5 Å². The van der Waals surface area contributed by atoms with Gasteiger partial charge in [0.2, 0.25) is 10.0 Å².